The van der Waals surface area contributed by atoms with Crippen LogP contribution in [0.4, 0.5) is 5.69 Å². The highest BCUT2D eigenvalue weighted by molar-refractivity contribution is 5.96. The third-order valence-electron chi connectivity index (χ3n) is 3.49. The average Bonchev–Trinajstić information content (AvgIpc) is 2.55. The molecule has 0 fully saturated rings. The Kier molecular flexibility index (Phi) is 5.46. The lowest BCUT2D eigenvalue weighted by atomic mass is 10.1. The molecule has 0 unspecified atom stereocenters. The second kappa shape index (κ2) is 7.54. The Morgan fingerprint density at radius 2 is 1.96 bits per heavy atom. The molecule has 0 saturated heterocycles. The summed E-state index contributed by atoms with van der Waals surface area (Å²) in [7, 11) is 0. The van der Waals surface area contributed by atoms with E-state index in [0.29, 0.717) is 5.56 Å². The molecule has 2 rings (SSSR count). The van der Waals surface area contributed by atoms with Gasteiger partial charge in [-0.1, -0.05) is 25.1 Å². The third-order valence-corrected chi connectivity index (χ3v) is 3.49. The van der Waals surface area contributed by atoms with Crippen molar-refractivity contribution in [2.45, 2.75) is 27.2 Å². The lowest BCUT2D eigenvalue weighted by Crippen LogP contribution is -2.22. The van der Waals surface area contributed by atoms with Crippen LogP contribution < -0.4 is 5.32 Å². The molecule has 0 spiro atoms. The van der Waals surface area contributed by atoms with Crippen molar-refractivity contribution in [3.8, 4) is 0 Å². The fraction of sp³-hybridized carbons (Fsp3) is 0.278. The van der Waals surface area contributed by atoms with Crippen LogP contribution in [-0.2, 0) is 16.0 Å². The molecule has 23 heavy (non-hydrogen) atoms. The Morgan fingerprint density at radius 3 is 2.61 bits per heavy atom. The van der Waals surface area contributed by atoms with Gasteiger partial charge in [0.1, 0.15) is 0 Å². The minimum atomic E-state index is -0.562. The van der Waals surface area contributed by atoms with Crippen LogP contribution in [0, 0.1) is 13.8 Å². The van der Waals surface area contributed by atoms with Crippen molar-refractivity contribution in [3.05, 3.63) is 58.9 Å². The molecule has 120 valence electrons. The largest absolute Gasteiger partial charge is 0.452 e. The number of benzene rings is 1. The van der Waals surface area contributed by atoms with Gasteiger partial charge >= 0.3 is 5.97 Å². The summed E-state index contributed by atoms with van der Waals surface area (Å²) in [6, 6.07) is 9.19. The molecular weight excluding hydrogens is 292 g/mol. The highest BCUT2D eigenvalue weighted by Gasteiger charge is 2.12. The fourth-order valence-electron chi connectivity index (χ4n) is 2.18. The van der Waals surface area contributed by atoms with Crippen molar-refractivity contribution in [2.24, 2.45) is 0 Å². The summed E-state index contributed by atoms with van der Waals surface area (Å²) < 4.78 is 5.02. The Bertz CT molecular complexity index is 709. The number of pyridine rings is 1. The van der Waals surface area contributed by atoms with Crippen molar-refractivity contribution in [1.82, 2.24) is 4.98 Å². The molecule has 2 aromatic rings. The molecule has 1 heterocycles. The number of ether oxygens (including phenoxy) is 1. The van der Waals surface area contributed by atoms with Gasteiger partial charge in [-0.25, -0.2) is 4.79 Å². The van der Waals surface area contributed by atoms with Crippen molar-refractivity contribution in [2.75, 3.05) is 11.9 Å². The maximum absolute atomic E-state index is 12.0. The van der Waals surface area contributed by atoms with Crippen LogP contribution in [0.2, 0.25) is 0 Å². The molecule has 0 atom stereocenters. The molecule has 1 amide bonds. The highest BCUT2D eigenvalue weighted by atomic mass is 16.5. The summed E-state index contributed by atoms with van der Waals surface area (Å²) in [6.07, 6.45) is 2.25. The Labute approximate surface area is 135 Å². The topological polar surface area (TPSA) is 68.3 Å². The van der Waals surface area contributed by atoms with Gasteiger partial charge in [0.15, 0.2) is 6.61 Å². The number of carbonyl (C=O) groups excluding carboxylic acids is 2. The van der Waals surface area contributed by atoms with E-state index in [-0.39, 0.29) is 12.5 Å². The highest BCUT2D eigenvalue weighted by Crippen LogP contribution is 2.20. The molecule has 1 aromatic carbocycles. The second-order valence-electron chi connectivity index (χ2n) is 5.28. The van der Waals surface area contributed by atoms with E-state index >= 15 is 0 Å². The molecule has 0 radical (unpaired) electrons. The van der Waals surface area contributed by atoms with Crippen molar-refractivity contribution in [1.29, 1.82) is 0 Å². The minimum absolute atomic E-state index is 0.327. The molecule has 0 saturated carbocycles. The zero-order valence-electron chi connectivity index (χ0n) is 13.6. The van der Waals surface area contributed by atoms with Gasteiger partial charge in [0.2, 0.25) is 0 Å². The Morgan fingerprint density at radius 1 is 1.17 bits per heavy atom. The number of esters is 1. The quantitative estimate of drug-likeness (QED) is 0.862. The molecule has 1 aromatic heterocycles. The Hall–Kier alpha value is -2.69. The van der Waals surface area contributed by atoms with Gasteiger partial charge in [0, 0.05) is 17.6 Å². The number of hydrogen-bond donors (Lipinski definition) is 1. The van der Waals surface area contributed by atoms with E-state index in [9.17, 15) is 9.59 Å². The summed E-state index contributed by atoms with van der Waals surface area (Å²) in [4.78, 5) is 27.9. The van der Waals surface area contributed by atoms with Crippen LogP contribution in [0.3, 0.4) is 0 Å². The predicted molar refractivity (Wildman–Crippen MR) is 88.4 cm³/mol. The van der Waals surface area contributed by atoms with Gasteiger partial charge in [-0.3, -0.25) is 9.78 Å². The van der Waals surface area contributed by atoms with Gasteiger partial charge in [-0.05, 0) is 43.5 Å². The lowest BCUT2D eigenvalue weighted by Gasteiger charge is -2.13. The Balaban J connectivity index is 1.95. The van der Waals surface area contributed by atoms with Crippen LogP contribution >= 0.6 is 0 Å². The number of anilines is 1. The molecule has 0 aliphatic rings. The minimum Gasteiger partial charge on any atom is -0.452 e. The molecule has 0 aliphatic carbocycles. The van der Waals surface area contributed by atoms with Gasteiger partial charge in [0.05, 0.1) is 5.56 Å². The number of para-hydroxylation sites is 1. The van der Waals surface area contributed by atoms with Crippen LogP contribution in [0.5, 0.6) is 0 Å². The van der Waals surface area contributed by atoms with E-state index in [0.717, 1.165) is 28.9 Å². The summed E-state index contributed by atoms with van der Waals surface area (Å²) in [6.45, 7) is 5.45. The van der Waals surface area contributed by atoms with Gasteiger partial charge in [-0.15, -0.1) is 0 Å². The number of nitrogens with zero attached hydrogens (tertiary/aromatic N) is 1. The molecular formula is C18H20N2O3. The maximum Gasteiger partial charge on any atom is 0.340 e. The normalized spacial score (nSPS) is 10.2. The zero-order valence-corrected chi connectivity index (χ0v) is 13.6. The van der Waals surface area contributed by atoms with E-state index in [1.807, 2.05) is 39.0 Å². The van der Waals surface area contributed by atoms with E-state index < -0.39 is 5.97 Å². The third kappa shape index (κ3) is 4.39. The smallest absolute Gasteiger partial charge is 0.340 e. The van der Waals surface area contributed by atoms with Crippen molar-refractivity contribution in [3.63, 3.8) is 0 Å². The van der Waals surface area contributed by atoms with Crippen molar-refractivity contribution >= 4 is 17.6 Å². The first-order chi connectivity index (χ1) is 11.0. The van der Waals surface area contributed by atoms with E-state index in [1.54, 1.807) is 12.1 Å². The van der Waals surface area contributed by atoms with E-state index in [4.69, 9.17) is 4.74 Å². The number of nitrogens with one attached hydrogen (secondary N) is 1. The second-order valence-corrected chi connectivity index (χ2v) is 5.28. The standard InChI is InChI=1S/C18H20N2O3/c1-4-14-7-5-6-12(2)17(14)20-16(21)11-23-18(22)15-9-8-13(3)19-10-15/h5-10H,4,11H2,1-3H3,(H,20,21). The molecule has 1 N–H and O–H groups in total. The van der Waals surface area contributed by atoms with E-state index in [2.05, 4.69) is 10.3 Å². The molecule has 0 bridgehead atoms. The SMILES string of the molecule is CCc1cccc(C)c1NC(=O)COC(=O)c1ccc(C)nc1. The lowest BCUT2D eigenvalue weighted by molar-refractivity contribution is -0.119. The molecule has 5 heteroatoms. The number of aromatic nitrogens is 1. The van der Waals surface area contributed by atoms with Crippen LogP contribution in [-0.4, -0.2) is 23.5 Å². The first-order valence-electron chi connectivity index (χ1n) is 7.49. The van der Waals surface area contributed by atoms with Crippen LogP contribution in [0.25, 0.3) is 0 Å². The monoisotopic (exact) mass is 312 g/mol. The number of rotatable bonds is 5. The van der Waals surface area contributed by atoms with Gasteiger partial charge in [-0.2, -0.15) is 0 Å². The summed E-state index contributed by atoms with van der Waals surface area (Å²) in [5.74, 6) is -0.921. The van der Waals surface area contributed by atoms with Crippen molar-refractivity contribution < 1.29 is 14.3 Å². The van der Waals surface area contributed by atoms with Crippen LogP contribution in [0.15, 0.2) is 36.5 Å². The average molecular weight is 312 g/mol. The first kappa shape index (κ1) is 16.7. The maximum atomic E-state index is 12.0. The van der Waals surface area contributed by atoms with Crippen LogP contribution in [0.1, 0.15) is 34.1 Å². The number of hydrogen-bond acceptors (Lipinski definition) is 4. The first-order valence-corrected chi connectivity index (χ1v) is 7.49. The number of aryl methyl sites for hydroxylation is 3. The summed E-state index contributed by atoms with van der Waals surface area (Å²) in [5, 5.41) is 2.81. The molecule has 5 nitrogen and oxygen atoms in total. The van der Waals surface area contributed by atoms with Gasteiger partial charge < -0.3 is 10.1 Å². The summed E-state index contributed by atoms with van der Waals surface area (Å²) in [5.41, 5.74) is 3.95. The zero-order chi connectivity index (χ0) is 16.8. The van der Waals surface area contributed by atoms with Gasteiger partial charge in [0.25, 0.3) is 5.91 Å². The molecule has 0 aliphatic heterocycles. The number of carbonyl (C=O) groups is 2. The fourth-order valence-corrected chi connectivity index (χ4v) is 2.18. The van der Waals surface area contributed by atoms with E-state index in [1.165, 1.54) is 6.20 Å². The summed E-state index contributed by atoms with van der Waals surface area (Å²) >= 11 is 0. The predicted octanol–water partition coefficient (Wildman–Crippen LogP) is 3.06. The number of amides is 1.